The molecule has 2 nitrogen and oxygen atoms in total. The molecule has 0 radical (unpaired) electrons. The number of hydrogen-bond donors (Lipinski definition) is 1. The largest absolute Gasteiger partial charge is 0.385 e. The van der Waals surface area contributed by atoms with Gasteiger partial charge in [-0.05, 0) is 29.7 Å². The van der Waals surface area contributed by atoms with E-state index in [9.17, 15) is 4.79 Å². The minimum atomic E-state index is -0.0718. The number of ketones is 1. The number of Topliss-reactive ketones (excluding diaryl/α,β-unsaturated/α-hetero) is 1. The number of anilines is 1. The molecule has 1 heterocycles. The molecule has 1 aliphatic heterocycles. The summed E-state index contributed by atoms with van der Waals surface area (Å²) in [5.74, 6) is 0.116. The maximum Gasteiger partial charge on any atom is 0.144 e. The van der Waals surface area contributed by atoms with E-state index in [0.717, 1.165) is 29.8 Å². The SMILES string of the molecule is O=C(Cc1cccc(Cl)c1Cl)C1CCNc2ccccc21. The Bertz CT molecular complexity index is 684. The zero-order chi connectivity index (χ0) is 14.8. The van der Waals surface area contributed by atoms with Gasteiger partial charge >= 0.3 is 0 Å². The highest BCUT2D eigenvalue weighted by molar-refractivity contribution is 6.42. The number of halogens is 2. The van der Waals surface area contributed by atoms with Crippen molar-refractivity contribution in [1.29, 1.82) is 0 Å². The van der Waals surface area contributed by atoms with E-state index in [-0.39, 0.29) is 11.7 Å². The first-order valence-corrected chi connectivity index (χ1v) is 7.71. The Labute approximate surface area is 134 Å². The van der Waals surface area contributed by atoms with Crippen molar-refractivity contribution in [2.45, 2.75) is 18.8 Å². The highest BCUT2D eigenvalue weighted by Gasteiger charge is 2.26. The van der Waals surface area contributed by atoms with Crippen LogP contribution in [0.5, 0.6) is 0 Å². The highest BCUT2D eigenvalue weighted by atomic mass is 35.5. The summed E-state index contributed by atoms with van der Waals surface area (Å²) in [7, 11) is 0. The molecule has 1 aliphatic rings. The van der Waals surface area contributed by atoms with Crippen LogP contribution in [0.4, 0.5) is 5.69 Å². The molecule has 0 saturated heterocycles. The Kier molecular flexibility index (Phi) is 4.18. The van der Waals surface area contributed by atoms with Gasteiger partial charge in [0, 0.05) is 24.6 Å². The standard InChI is InChI=1S/C17H15Cl2NO/c18-14-6-3-4-11(17(14)19)10-16(21)13-8-9-20-15-7-2-1-5-12(13)15/h1-7,13,20H,8-10H2. The summed E-state index contributed by atoms with van der Waals surface area (Å²) in [5.41, 5.74) is 2.93. The number of rotatable bonds is 3. The highest BCUT2D eigenvalue weighted by Crippen LogP contribution is 2.34. The lowest BCUT2D eigenvalue weighted by molar-refractivity contribution is -0.120. The minimum Gasteiger partial charge on any atom is -0.385 e. The van der Waals surface area contributed by atoms with Crippen molar-refractivity contribution in [3.63, 3.8) is 0 Å². The number of carbonyl (C=O) groups excluding carboxylic acids is 1. The molecule has 0 bridgehead atoms. The lowest BCUT2D eigenvalue weighted by Gasteiger charge is -2.25. The predicted molar refractivity (Wildman–Crippen MR) is 87.5 cm³/mol. The second-order valence-electron chi connectivity index (χ2n) is 5.21. The van der Waals surface area contributed by atoms with Crippen molar-refractivity contribution in [2.24, 2.45) is 0 Å². The van der Waals surface area contributed by atoms with E-state index >= 15 is 0 Å². The number of carbonyl (C=O) groups is 1. The van der Waals surface area contributed by atoms with Gasteiger partial charge in [0.2, 0.25) is 0 Å². The van der Waals surface area contributed by atoms with E-state index in [4.69, 9.17) is 23.2 Å². The first kappa shape index (κ1) is 14.4. The first-order valence-electron chi connectivity index (χ1n) is 6.95. The molecular weight excluding hydrogens is 305 g/mol. The van der Waals surface area contributed by atoms with Crippen LogP contribution < -0.4 is 5.32 Å². The van der Waals surface area contributed by atoms with Gasteiger partial charge in [0.1, 0.15) is 5.78 Å². The summed E-state index contributed by atoms with van der Waals surface area (Å²) in [6, 6.07) is 13.4. The fraction of sp³-hybridized carbons (Fsp3) is 0.235. The fourth-order valence-corrected chi connectivity index (χ4v) is 3.19. The van der Waals surface area contributed by atoms with Gasteiger partial charge in [0.05, 0.1) is 10.0 Å². The predicted octanol–water partition coefficient (Wildman–Crippen LogP) is 4.70. The van der Waals surface area contributed by atoms with E-state index in [1.54, 1.807) is 6.07 Å². The molecule has 1 unspecified atom stereocenters. The van der Waals surface area contributed by atoms with E-state index in [2.05, 4.69) is 5.32 Å². The van der Waals surface area contributed by atoms with Crippen molar-refractivity contribution in [3.05, 3.63) is 63.6 Å². The lowest BCUT2D eigenvalue weighted by atomic mass is 9.85. The second kappa shape index (κ2) is 6.08. The molecule has 0 aromatic heterocycles. The maximum absolute atomic E-state index is 12.7. The maximum atomic E-state index is 12.7. The molecule has 0 fully saturated rings. The van der Waals surface area contributed by atoms with Crippen LogP contribution in [0.15, 0.2) is 42.5 Å². The van der Waals surface area contributed by atoms with E-state index in [0.29, 0.717) is 16.5 Å². The molecule has 0 saturated carbocycles. The third-order valence-corrected chi connectivity index (χ3v) is 4.73. The van der Waals surface area contributed by atoms with Crippen LogP contribution >= 0.6 is 23.2 Å². The van der Waals surface area contributed by atoms with Gasteiger partial charge in [-0.25, -0.2) is 0 Å². The van der Waals surface area contributed by atoms with E-state index < -0.39 is 0 Å². The number of benzene rings is 2. The minimum absolute atomic E-state index is 0.0718. The van der Waals surface area contributed by atoms with Crippen LogP contribution in [0.2, 0.25) is 10.0 Å². The Balaban J connectivity index is 1.85. The topological polar surface area (TPSA) is 29.1 Å². The van der Waals surface area contributed by atoms with Gasteiger partial charge in [0.25, 0.3) is 0 Å². The van der Waals surface area contributed by atoms with Crippen molar-refractivity contribution in [2.75, 3.05) is 11.9 Å². The van der Waals surface area contributed by atoms with Gasteiger partial charge in [0.15, 0.2) is 0 Å². The van der Waals surface area contributed by atoms with Gasteiger partial charge < -0.3 is 5.32 Å². The molecule has 1 N–H and O–H groups in total. The molecule has 0 aliphatic carbocycles. The van der Waals surface area contributed by atoms with Crippen LogP contribution in [0.25, 0.3) is 0 Å². The van der Waals surface area contributed by atoms with Gasteiger partial charge in [-0.2, -0.15) is 0 Å². The normalized spacial score (nSPS) is 17.0. The molecule has 1 atom stereocenters. The van der Waals surface area contributed by atoms with Gasteiger partial charge in [-0.1, -0.05) is 53.5 Å². The molecule has 3 rings (SSSR count). The van der Waals surface area contributed by atoms with Gasteiger partial charge in [-0.15, -0.1) is 0 Å². The molecule has 108 valence electrons. The number of para-hydroxylation sites is 1. The third kappa shape index (κ3) is 2.92. The molecule has 0 amide bonds. The summed E-state index contributed by atoms with van der Waals surface area (Å²) in [6.45, 7) is 0.816. The van der Waals surface area contributed by atoms with Crippen LogP contribution in [0, 0.1) is 0 Å². The second-order valence-corrected chi connectivity index (χ2v) is 6.00. The number of fused-ring (bicyclic) bond motifs is 1. The van der Waals surface area contributed by atoms with Crippen molar-refractivity contribution in [3.8, 4) is 0 Å². The number of hydrogen-bond acceptors (Lipinski definition) is 2. The zero-order valence-corrected chi connectivity index (χ0v) is 12.9. The fourth-order valence-electron chi connectivity index (χ4n) is 2.80. The first-order chi connectivity index (χ1) is 10.2. The Morgan fingerprint density at radius 3 is 2.81 bits per heavy atom. The molecule has 4 heteroatoms. The Morgan fingerprint density at radius 1 is 1.14 bits per heavy atom. The van der Waals surface area contributed by atoms with Crippen LogP contribution in [0.3, 0.4) is 0 Å². The van der Waals surface area contributed by atoms with Crippen LogP contribution in [0.1, 0.15) is 23.5 Å². The van der Waals surface area contributed by atoms with Crippen molar-refractivity contribution < 1.29 is 4.79 Å². The van der Waals surface area contributed by atoms with Crippen molar-refractivity contribution in [1.82, 2.24) is 0 Å². The van der Waals surface area contributed by atoms with E-state index in [1.807, 2.05) is 36.4 Å². The van der Waals surface area contributed by atoms with Gasteiger partial charge in [-0.3, -0.25) is 4.79 Å². The van der Waals surface area contributed by atoms with Crippen molar-refractivity contribution >= 4 is 34.7 Å². The molecule has 0 spiro atoms. The average molecular weight is 320 g/mol. The molecule has 2 aromatic carbocycles. The van der Waals surface area contributed by atoms with E-state index in [1.165, 1.54) is 0 Å². The number of nitrogens with one attached hydrogen (secondary N) is 1. The monoisotopic (exact) mass is 319 g/mol. The Hall–Kier alpha value is -1.51. The molecular formula is C17H15Cl2NO. The quantitative estimate of drug-likeness (QED) is 0.888. The smallest absolute Gasteiger partial charge is 0.144 e. The average Bonchev–Trinajstić information content (AvgIpc) is 2.51. The summed E-state index contributed by atoms with van der Waals surface area (Å²) in [6.07, 6.45) is 1.13. The summed E-state index contributed by atoms with van der Waals surface area (Å²) in [4.78, 5) is 12.7. The van der Waals surface area contributed by atoms with Crippen LogP contribution in [-0.2, 0) is 11.2 Å². The third-order valence-electron chi connectivity index (χ3n) is 3.87. The zero-order valence-electron chi connectivity index (χ0n) is 11.4. The summed E-state index contributed by atoms with van der Waals surface area (Å²) >= 11 is 12.2. The summed E-state index contributed by atoms with van der Waals surface area (Å²) in [5, 5.41) is 4.31. The lowest BCUT2D eigenvalue weighted by Crippen LogP contribution is -2.24. The molecule has 2 aromatic rings. The van der Waals surface area contributed by atoms with Crippen LogP contribution in [-0.4, -0.2) is 12.3 Å². The Morgan fingerprint density at radius 2 is 1.95 bits per heavy atom. The summed E-state index contributed by atoms with van der Waals surface area (Å²) < 4.78 is 0. The molecule has 21 heavy (non-hydrogen) atoms.